The first-order valence-corrected chi connectivity index (χ1v) is 4.23. The van der Waals surface area contributed by atoms with Gasteiger partial charge in [-0.25, -0.2) is 4.79 Å². The minimum absolute atomic E-state index is 0.0781. The summed E-state index contributed by atoms with van der Waals surface area (Å²) in [6, 6.07) is 1.38. The SMILES string of the molecule is CC1(c2occc2C(=O)O)OCCO1. The number of carbonyl (C=O) groups is 1. The molecule has 1 aromatic heterocycles. The second kappa shape index (κ2) is 3.11. The van der Waals surface area contributed by atoms with Crippen molar-refractivity contribution in [3.8, 4) is 0 Å². The van der Waals surface area contributed by atoms with Gasteiger partial charge in [-0.05, 0) is 13.0 Å². The smallest absolute Gasteiger partial charge is 0.339 e. The van der Waals surface area contributed by atoms with E-state index in [1.54, 1.807) is 6.92 Å². The van der Waals surface area contributed by atoms with E-state index >= 15 is 0 Å². The van der Waals surface area contributed by atoms with E-state index in [1.165, 1.54) is 12.3 Å². The van der Waals surface area contributed by atoms with E-state index in [9.17, 15) is 4.79 Å². The predicted molar refractivity (Wildman–Crippen MR) is 44.9 cm³/mol. The van der Waals surface area contributed by atoms with Crippen LogP contribution in [0.15, 0.2) is 16.7 Å². The van der Waals surface area contributed by atoms with Crippen molar-refractivity contribution in [1.82, 2.24) is 0 Å². The molecule has 1 aliphatic heterocycles. The van der Waals surface area contributed by atoms with Crippen LogP contribution in [-0.4, -0.2) is 24.3 Å². The van der Waals surface area contributed by atoms with Gasteiger partial charge >= 0.3 is 5.97 Å². The summed E-state index contributed by atoms with van der Waals surface area (Å²) in [4.78, 5) is 10.8. The lowest BCUT2D eigenvalue weighted by Gasteiger charge is -2.19. The van der Waals surface area contributed by atoms with Gasteiger partial charge in [0.15, 0.2) is 5.76 Å². The number of ether oxygens (including phenoxy) is 2. The Bertz CT molecular complexity index is 348. The summed E-state index contributed by atoms with van der Waals surface area (Å²) in [6.45, 7) is 2.53. The van der Waals surface area contributed by atoms with Crippen molar-refractivity contribution in [3.05, 3.63) is 23.7 Å². The first-order chi connectivity index (χ1) is 6.63. The average molecular weight is 198 g/mol. The predicted octanol–water partition coefficient (Wildman–Crippen LogP) is 1.20. The van der Waals surface area contributed by atoms with Crippen LogP contribution in [0.3, 0.4) is 0 Å². The lowest BCUT2D eigenvalue weighted by molar-refractivity contribution is -0.163. The summed E-state index contributed by atoms with van der Waals surface area (Å²) in [7, 11) is 0. The summed E-state index contributed by atoms with van der Waals surface area (Å²) in [5.41, 5.74) is 0.0781. The minimum Gasteiger partial charge on any atom is -0.478 e. The van der Waals surface area contributed by atoms with Crippen LogP contribution in [-0.2, 0) is 15.3 Å². The zero-order valence-corrected chi connectivity index (χ0v) is 7.65. The third kappa shape index (κ3) is 1.30. The highest BCUT2D eigenvalue weighted by Crippen LogP contribution is 2.33. The van der Waals surface area contributed by atoms with Gasteiger partial charge in [-0.1, -0.05) is 0 Å². The fraction of sp³-hybridized carbons (Fsp3) is 0.444. The number of carboxylic acid groups (broad SMARTS) is 1. The number of carboxylic acids is 1. The molecule has 76 valence electrons. The highest BCUT2D eigenvalue weighted by Gasteiger charge is 2.39. The Balaban J connectivity index is 2.40. The van der Waals surface area contributed by atoms with Crippen molar-refractivity contribution < 1.29 is 23.8 Å². The molecule has 0 radical (unpaired) electrons. The first-order valence-electron chi connectivity index (χ1n) is 4.23. The fourth-order valence-electron chi connectivity index (χ4n) is 1.47. The molecule has 14 heavy (non-hydrogen) atoms. The van der Waals surface area contributed by atoms with Crippen molar-refractivity contribution in [1.29, 1.82) is 0 Å². The van der Waals surface area contributed by atoms with E-state index < -0.39 is 11.8 Å². The Morgan fingerprint density at radius 3 is 2.71 bits per heavy atom. The van der Waals surface area contributed by atoms with Gasteiger partial charge in [-0.15, -0.1) is 0 Å². The number of hydrogen-bond donors (Lipinski definition) is 1. The topological polar surface area (TPSA) is 68.9 Å². The van der Waals surface area contributed by atoms with Crippen molar-refractivity contribution in [2.45, 2.75) is 12.7 Å². The van der Waals surface area contributed by atoms with Gasteiger partial charge in [0.25, 0.3) is 0 Å². The molecule has 0 bridgehead atoms. The molecule has 0 saturated carbocycles. The van der Waals surface area contributed by atoms with Crippen LogP contribution >= 0.6 is 0 Å². The summed E-state index contributed by atoms with van der Waals surface area (Å²) in [6.07, 6.45) is 1.31. The lowest BCUT2D eigenvalue weighted by Crippen LogP contribution is -2.24. The molecular formula is C9H10O5. The monoisotopic (exact) mass is 198 g/mol. The Hall–Kier alpha value is -1.33. The zero-order chi connectivity index (χ0) is 10.2. The number of aromatic carboxylic acids is 1. The van der Waals surface area contributed by atoms with Crippen molar-refractivity contribution >= 4 is 5.97 Å². The van der Waals surface area contributed by atoms with Gasteiger partial charge in [-0.2, -0.15) is 0 Å². The minimum atomic E-state index is -1.06. The van der Waals surface area contributed by atoms with E-state index in [0.717, 1.165) is 0 Å². The molecule has 2 heterocycles. The summed E-state index contributed by atoms with van der Waals surface area (Å²) in [5, 5.41) is 8.86. The largest absolute Gasteiger partial charge is 0.478 e. The maximum absolute atomic E-state index is 10.8. The Kier molecular flexibility index (Phi) is 2.05. The van der Waals surface area contributed by atoms with Crippen LogP contribution in [0.4, 0.5) is 0 Å². The fourth-order valence-corrected chi connectivity index (χ4v) is 1.47. The Morgan fingerprint density at radius 1 is 1.50 bits per heavy atom. The number of furan rings is 1. The van der Waals surface area contributed by atoms with E-state index in [2.05, 4.69) is 0 Å². The molecule has 1 aliphatic rings. The molecule has 0 aliphatic carbocycles. The maximum atomic E-state index is 10.8. The van der Waals surface area contributed by atoms with Crippen molar-refractivity contribution in [3.63, 3.8) is 0 Å². The van der Waals surface area contributed by atoms with E-state index in [0.29, 0.717) is 13.2 Å². The highest BCUT2D eigenvalue weighted by atomic mass is 16.7. The van der Waals surface area contributed by atoms with Gasteiger partial charge < -0.3 is 19.0 Å². The molecule has 0 unspecified atom stereocenters. The molecule has 1 aromatic rings. The quantitative estimate of drug-likeness (QED) is 0.773. The van der Waals surface area contributed by atoms with Gasteiger partial charge in [0.05, 0.1) is 19.5 Å². The van der Waals surface area contributed by atoms with E-state index in [4.69, 9.17) is 19.0 Å². The lowest BCUT2D eigenvalue weighted by atomic mass is 10.1. The molecule has 5 heteroatoms. The van der Waals surface area contributed by atoms with Crippen LogP contribution in [0.5, 0.6) is 0 Å². The Morgan fingerprint density at radius 2 is 2.14 bits per heavy atom. The van der Waals surface area contributed by atoms with Crippen molar-refractivity contribution in [2.75, 3.05) is 13.2 Å². The third-order valence-electron chi connectivity index (χ3n) is 2.15. The number of rotatable bonds is 2. The zero-order valence-electron chi connectivity index (χ0n) is 7.65. The third-order valence-corrected chi connectivity index (χ3v) is 2.15. The molecular weight excluding hydrogens is 188 g/mol. The molecule has 0 atom stereocenters. The van der Waals surface area contributed by atoms with Gasteiger partial charge in [0, 0.05) is 0 Å². The summed E-state index contributed by atoms with van der Waals surface area (Å²) >= 11 is 0. The maximum Gasteiger partial charge on any atom is 0.339 e. The second-order valence-electron chi connectivity index (χ2n) is 3.11. The first kappa shape index (κ1) is 9.23. The molecule has 1 fully saturated rings. The molecule has 0 spiro atoms. The molecule has 0 aromatic carbocycles. The molecule has 1 saturated heterocycles. The number of hydrogen-bond acceptors (Lipinski definition) is 4. The van der Waals surface area contributed by atoms with Gasteiger partial charge in [0.1, 0.15) is 5.56 Å². The standard InChI is InChI=1S/C9H10O5/c1-9(13-4-5-14-9)7-6(8(10)11)2-3-12-7/h2-3H,4-5H2,1H3,(H,10,11). The molecule has 2 rings (SSSR count). The average Bonchev–Trinajstić information content (AvgIpc) is 2.71. The van der Waals surface area contributed by atoms with Crippen LogP contribution in [0, 0.1) is 0 Å². The van der Waals surface area contributed by atoms with E-state index in [-0.39, 0.29) is 11.3 Å². The highest BCUT2D eigenvalue weighted by molar-refractivity contribution is 5.88. The summed E-state index contributed by atoms with van der Waals surface area (Å²) in [5.74, 6) is -1.89. The normalized spacial score (nSPS) is 19.8. The van der Waals surface area contributed by atoms with Crippen molar-refractivity contribution in [2.24, 2.45) is 0 Å². The van der Waals surface area contributed by atoms with E-state index in [1.807, 2.05) is 0 Å². The van der Waals surface area contributed by atoms with Gasteiger partial charge in [0.2, 0.25) is 5.79 Å². The summed E-state index contributed by atoms with van der Waals surface area (Å²) < 4.78 is 15.7. The molecule has 1 N–H and O–H groups in total. The second-order valence-corrected chi connectivity index (χ2v) is 3.11. The van der Waals surface area contributed by atoms with Crippen LogP contribution < -0.4 is 0 Å². The molecule has 0 amide bonds. The Labute approximate surface area is 80.2 Å². The van der Waals surface area contributed by atoms with Crippen LogP contribution in [0.1, 0.15) is 23.0 Å². The molecule has 5 nitrogen and oxygen atoms in total. The van der Waals surface area contributed by atoms with Gasteiger partial charge in [-0.3, -0.25) is 0 Å². The van der Waals surface area contributed by atoms with Crippen LogP contribution in [0.2, 0.25) is 0 Å². The van der Waals surface area contributed by atoms with Crippen LogP contribution in [0.25, 0.3) is 0 Å².